The number of aryl methyl sites for hydroxylation is 2. The lowest BCUT2D eigenvalue weighted by atomic mass is 10.1. The molecule has 0 N–H and O–H groups in total. The maximum Gasteiger partial charge on any atom is 0.0233 e. The van der Waals surface area contributed by atoms with Gasteiger partial charge in [0.15, 0.2) is 0 Å². The van der Waals surface area contributed by atoms with Gasteiger partial charge in [0.25, 0.3) is 0 Å². The minimum atomic E-state index is 1.01. The molecule has 1 aromatic rings. The summed E-state index contributed by atoms with van der Waals surface area (Å²) >= 11 is 3.57. The lowest BCUT2D eigenvalue weighted by Crippen LogP contribution is -2.10. The Morgan fingerprint density at radius 3 is 2.00 bits per heavy atom. The zero-order valence-electron chi connectivity index (χ0n) is 8.69. The summed E-state index contributed by atoms with van der Waals surface area (Å²) in [4.78, 5) is 2.18. The molecule has 0 atom stereocenters. The second kappa shape index (κ2) is 4.25. The highest BCUT2D eigenvalue weighted by atomic mass is 79.9. The molecule has 0 fully saturated rings. The van der Waals surface area contributed by atoms with Crippen molar-refractivity contribution in [3.63, 3.8) is 0 Å². The minimum Gasteiger partial charge on any atom is -0.305 e. The Kier molecular flexibility index (Phi) is 3.51. The maximum absolute atomic E-state index is 3.57. The van der Waals surface area contributed by atoms with Gasteiger partial charge in [0.05, 0.1) is 0 Å². The summed E-state index contributed by atoms with van der Waals surface area (Å²) in [5.74, 6) is 0. The summed E-state index contributed by atoms with van der Waals surface area (Å²) in [6, 6.07) is 4.47. The van der Waals surface area contributed by atoms with Crippen molar-refractivity contribution in [2.24, 2.45) is 0 Å². The SMILES string of the molecule is Cc1cc(CN(C)C)cc(C)c1Br. The molecule has 1 rings (SSSR count). The third-order valence-electron chi connectivity index (χ3n) is 2.00. The van der Waals surface area contributed by atoms with E-state index in [-0.39, 0.29) is 0 Å². The van der Waals surface area contributed by atoms with Crippen molar-refractivity contribution < 1.29 is 0 Å². The zero-order chi connectivity index (χ0) is 10.0. The third kappa shape index (κ3) is 2.82. The van der Waals surface area contributed by atoms with E-state index in [2.05, 4.69) is 60.9 Å². The smallest absolute Gasteiger partial charge is 0.0233 e. The first-order chi connectivity index (χ1) is 6.00. The number of hydrogen-bond acceptors (Lipinski definition) is 1. The molecular formula is C11H16BrN. The summed E-state index contributed by atoms with van der Waals surface area (Å²) in [6.07, 6.45) is 0. The van der Waals surface area contributed by atoms with E-state index in [0.29, 0.717) is 0 Å². The molecule has 0 radical (unpaired) electrons. The average Bonchev–Trinajstić information content (AvgIpc) is 1.98. The molecule has 0 saturated carbocycles. The van der Waals surface area contributed by atoms with Crippen LogP contribution in [0.4, 0.5) is 0 Å². The fraction of sp³-hybridized carbons (Fsp3) is 0.455. The summed E-state index contributed by atoms with van der Waals surface area (Å²) in [7, 11) is 4.18. The number of benzene rings is 1. The molecule has 0 aromatic heterocycles. The monoisotopic (exact) mass is 241 g/mol. The van der Waals surface area contributed by atoms with Gasteiger partial charge in [-0.3, -0.25) is 0 Å². The van der Waals surface area contributed by atoms with Gasteiger partial charge in [0, 0.05) is 11.0 Å². The molecule has 13 heavy (non-hydrogen) atoms. The molecular weight excluding hydrogens is 226 g/mol. The van der Waals surface area contributed by atoms with Crippen LogP contribution in [0.15, 0.2) is 16.6 Å². The summed E-state index contributed by atoms with van der Waals surface area (Å²) in [5.41, 5.74) is 4.01. The Labute approximate surface area is 88.9 Å². The van der Waals surface area contributed by atoms with Crippen molar-refractivity contribution in [3.05, 3.63) is 33.3 Å². The molecule has 2 heteroatoms. The fourth-order valence-corrected chi connectivity index (χ4v) is 1.72. The molecule has 0 amide bonds. The average molecular weight is 242 g/mol. The minimum absolute atomic E-state index is 1.01. The number of hydrogen-bond donors (Lipinski definition) is 0. The molecule has 0 aliphatic rings. The van der Waals surface area contributed by atoms with Crippen molar-refractivity contribution in [3.8, 4) is 0 Å². The van der Waals surface area contributed by atoms with Crippen molar-refractivity contribution in [2.75, 3.05) is 14.1 Å². The first-order valence-corrected chi connectivity index (χ1v) is 5.20. The number of rotatable bonds is 2. The Morgan fingerprint density at radius 1 is 1.15 bits per heavy atom. The molecule has 0 bridgehead atoms. The van der Waals surface area contributed by atoms with Crippen LogP contribution < -0.4 is 0 Å². The quantitative estimate of drug-likeness (QED) is 0.770. The predicted octanol–water partition coefficient (Wildman–Crippen LogP) is 3.13. The van der Waals surface area contributed by atoms with Gasteiger partial charge in [0.2, 0.25) is 0 Å². The normalized spacial score (nSPS) is 10.9. The van der Waals surface area contributed by atoms with Gasteiger partial charge in [-0.2, -0.15) is 0 Å². The molecule has 0 aliphatic heterocycles. The highest BCUT2D eigenvalue weighted by Crippen LogP contribution is 2.22. The zero-order valence-corrected chi connectivity index (χ0v) is 10.3. The van der Waals surface area contributed by atoms with Crippen LogP contribution in [0, 0.1) is 13.8 Å². The summed E-state index contributed by atoms with van der Waals surface area (Å²) in [6.45, 7) is 5.28. The van der Waals surface area contributed by atoms with Gasteiger partial charge in [-0.1, -0.05) is 28.1 Å². The molecule has 0 spiro atoms. The summed E-state index contributed by atoms with van der Waals surface area (Å²) < 4.78 is 1.23. The third-order valence-corrected chi connectivity index (χ3v) is 3.25. The standard InChI is InChI=1S/C11H16BrN/c1-8-5-10(7-13(3)4)6-9(2)11(8)12/h5-6H,7H2,1-4H3. The summed E-state index contributed by atoms with van der Waals surface area (Å²) in [5, 5.41) is 0. The lowest BCUT2D eigenvalue weighted by molar-refractivity contribution is 0.402. The van der Waals surface area contributed by atoms with E-state index in [9.17, 15) is 0 Å². The van der Waals surface area contributed by atoms with Crippen LogP contribution in [0.25, 0.3) is 0 Å². The highest BCUT2D eigenvalue weighted by Gasteiger charge is 2.02. The van der Waals surface area contributed by atoms with Gasteiger partial charge in [0.1, 0.15) is 0 Å². The first-order valence-electron chi connectivity index (χ1n) is 4.41. The van der Waals surface area contributed by atoms with Crippen LogP contribution in [0.1, 0.15) is 16.7 Å². The van der Waals surface area contributed by atoms with Crippen LogP contribution >= 0.6 is 15.9 Å². The van der Waals surface area contributed by atoms with E-state index in [1.54, 1.807) is 0 Å². The molecule has 72 valence electrons. The molecule has 1 nitrogen and oxygen atoms in total. The molecule has 0 saturated heterocycles. The lowest BCUT2D eigenvalue weighted by Gasteiger charge is -2.12. The van der Waals surface area contributed by atoms with E-state index in [0.717, 1.165) is 6.54 Å². The van der Waals surface area contributed by atoms with Crippen molar-refractivity contribution in [2.45, 2.75) is 20.4 Å². The predicted molar refractivity (Wildman–Crippen MR) is 61.0 cm³/mol. The van der Waals surface area contributed by atoms with Gasteiger partial charge in [-0.25, -0.2) is 0 Å². The van der Waals surface area contributed by atoms with Crippen molar-refractivity contribution in [1.82, 2.24) is 4.90 Å². The van der Waals surface area contributed by atoms with E-state index >= 15 is 0 Å². The Hall–Kier alpha value is -0.340. The number of halogens is 1. The van der Waals surface area contributed by atoms with Crippen LogP contribution in [-0.4, -0.2) is 19.0 Å². The van der Waals surface area contributed by atoms with Crippen LogP contribution in [0.5, 0.6) is 0 Å². The van der Waals surface area contributed by atoms with Gasteiger partial charge >= 0.3 is 0 Å². The van der Waals surface area contributed by atoms with E-state index in [1.165, 1.54) is 21.2 Å². The van der Waals surface area contributed by atoms with Gasteiger partial charge < -0.3 is 4.90 Å². The van der Waals surface area contributed by atoms with E-state index in [4.69, 9.17) is 0 Å². The van der Waals surface area contributed by atoms with E-state index in [1.807, 2.05) is 0 Å². The second-order valence-corrected chi connectivity index (χ2v) is 4.57. The number of nitrogens with zero attached hydrogens (tertiary/aromatic N) is 1. The first kappa shape index (κ1) is 10.7. The van der Waals surface area contributed by atoms with Crippen molar-refractivity contribution >= 4 is 15.9 Å². The molecule has 0 aliphatic carbocycles. The second-order valence-electron chi connectivity index (χ2n) is 3.78. The maximum atomic E-state index is 3.57. The Bertz CT molecular complexity index is 282. The van der Waals surface area contributed by atoms with Gasteiger partial charge in [-0.15, -0.1) is 0 Å². The van der Waals surface area contributed by atoms with E-state index < -0.39 is 0 Å². The Morgan fingerprint density at radius 2 is 1.62 bits per heavy atom. The largest absolute Gasteiger partial charge is 0.305 e. The van der Waals surface area contributed by atoms with Crippen LogP contribution in [-0.2, 0) is 6.54 Å². The van der Waals surface area contributed by atoms with Crippen LogP contribution in [0.2, 0.25) is 0 Å². The topological polar surface area (TPSA) is 3.24 Å². The van der Waals surface area contributed by atoms with Crippen LogP contribution in [0.3, 0.4) is 0 Å². The highest BCUT2D eigenvalue weighted by molar-refractivity contribution is 9.10. The molecule has 1 aromatic carbocycles. The van der Waals surface area contributed by atoms with Crippen molar-refractivity contribution in [1.29, 1.82) is 0 Å². The molecule has 0 unspecified atom stereocenters. The molecule has 0 heterocycles. The fourth-order valence-electron chi connectivity index (χ4n) is 1.49. The Balaban J connectivity index is 2.99. The van der Waals surface area contributed by atoms with Gasteiger partial charge in [-0.05, 0) is 44.6 Å².